The fraction of sp³-hybridized carbons (Fsp3) is 0.500. The van der Waals surface area contributed by atoms with Gasteiger partial charge < -0.3 is 5.73 Å². The van der Waals surface area contributed by atoms with Gasteiger partial charge in [0.05, 0.1) is 0 Å². The zero-order chi connectivity index (χ0) is 10.5. The van der Waals surface area contributed by atoms with Crippen LogP contribution in [0.2, 0.25) is 0 Å². The molecule has 13 heavy (non-hydrogen) atoms. The number of hydrogen-bond acceptors (Lipinski definition) is 1. The quantitative estimate of drug-likeness (QED) is 0.660. The Labute approximate surface area is 82.0 Å². The van der Waals surface area contributed by atoms with E-state index in [2.05, 4.69) is 33.4 Å². The van der Waals surface area contributed by atoms with Crippen molar-refractivity contribution in [3.05, 3.63) is 36.1 Å². The Balaban J connectivity index is 4.54. The van der Waals surface area contributed by atoms with Crippen LogP contribution in [0.25, 0.3) is 0 Å². The summed E-state index contributed by atoms with van der Waals surface area (Å²) in [6.07, 6.45) is 7.07. The van der Waals surface area contributed by atoms with Crippen molar-refractivity contribution in [2.75, 3.05) is 0 Å². The van der Waals surface area contributed by atoms with Crippen molar-refractivity contribution in [3.63, 3.8) is 0 Å². The molecule has 0 aliphatic heterocycles. The average Bonchev–Trinajstić information content (AvgIpc) is 1.81. The summed E-state index contributed by atoms with van der Waals surface area (Å²) in [5.74, 6) is 0. The summed E-state index contributed by atoms with van der Waals surface area (Å²) < 4.78 is 0. The van der Waals surface area contributed by atoms with Crippen LogP contribution < -0.4 is 5.73 Å². The van der Waals surface area contributed by atoms with Gasteiger partial charge in [-0.05, 0) is 30.4 Å². The summed E-state index contributed by atoms with van der Waals surface area (Å²) in [4.78, 5) is 0. The van der Waals surface area contributed by atoms with Crippen molar-refractivity contribution < 1.29 is 0 Å². The van der Waals surface area contributed by atoms with E-state index in [1.165, 1.54) is 5.57 Å². The lowest BCUT2D eigenvalue weighted by Crippen LogP contribution is -2.06. The maximum atomic E-state index is 5.54. The third kappa shape index (κ3) is 7.38. The van der Waals surface area contributed by atoms with Crippen LogP contribution in [0.1, 0.15) is 34.1 Å². The molecule has 0 unspecified atom stereocenters. The molecule has 0 aromatic carbocycles. The summed E-state index contributed by atoms with van der Waals surface area (Å²) in [5.41, 5.74) is 7.69. The number of nitrogens with two attached hydrogens (primary N) is 1. The molecule has 2 N–H and O–H groups in total. The van der Waals surface area contributed by atoms with Crippen LogP contribution in [0, 0.1) is 5.41 Å². The van der Waals surface area contributed by atoms with Crippen LogP contribution in [0.15, 0.2) is 36.1 Å². The third-order valence-electron chi connectivity index (χ3n) is 1.49. The van der Waals surface area contributed by atoms with E-state index in [-0.39, 0.29) is 0 Å². The second kappa shape index (κ2) is 4.90. The van der Waals surface area contributed by atoms with Crippen LogP contribution in [-0.4, -0.2) is 0 Å². The first-order valence-corrected chi connectivity index (χ1v) is 4.63. The fourth-order valence-corrected chi connectivity index (χ4v) is 1.22. The van der Waals surface area contributed by atoms with E-state index in [9.17, 15) is 0 Å². The molecule has 0 saturated carbocycles. The minimum Gasteiger partial charge on any atom is -0.399 e. The predicted molar refractivity (Wildman–Crippen MR) is 60.3 cm³/mol. The Kier molecular flexibility index (Phi) is 4.53. The highest BCUT2D eigenvalue weighted by Crippen LogP contribution is 2.24. The van der Waals surface area contributed by atoms with E-state index in [0.717, 1.165) is 6.42 Å². The van der Waals surface area contributed by atoms with Crippen molar-refractivity contribution in [1.82, 2.24) is 0 Å². The molecular formula is C12H21N. The van der Waals surface area contributed by atoms with E-state index in [0.29, 0.717) is 11.1 Å². The second-order valence-electron chi connectivity index (χ2n) is 4.53. The number of allylic oxidation sites excluding steroid dienone is 4. The predicted octanol–water partition coefficient (Wildman–Crippen LogP) is 3.40. The Bertz CT molecular complexity index is 226. The molecule has 0 atom stereocenters. The minimum absolute atomic E-state index is 0.292. The van der Waals surface area contributed by atoms with Crippen molar-refractivity contribution in [2.45, 2.75) is 34.1 Å². The van der Waals surface area contributed by atoms with E-state index in [4.69, 9.17) is 5.73 Å². The molecule has 0 aromatic rings. The monoisotopic (exact) mass is 179 g/mol. The van der Waals surface area contributed by atoms with Gasteiger partial charge in [-0.2, -0.15) is 0 Å². The van der Waals surface area contributed by atoms with Crippen LogP contribution in [0.4, 0.5) is 0 Å². The summed E-state index contributed by atoms with van der Waals surface area (Å²) in [6, 6.07) is 0. The first-order valence-electron chi connectivity index (χ1n) is 4.63. The first-order chi connectivity index (χ1) is 5.85. The van der Waals surface area contributed by atoms with Crippen molar-refractivity contribution in [3.8, 4) is 0 Å². The number of hydrogen-bond donors (Lipinski definition) is 1. The molecule has 0 aromatic heterocycles. The van der Waals surface area contributed by atoms with Crippen LogP contribution >= 0.6 is 0 Å². The maximum absolute atomic E-state index is 5.54. The van der Waals surface area contributed by atoms with Crippen LogP contribution in [0.3, 0.4) is 0 Å². The first kappa shape index (κ1) is 12.0. The summed E-state index contributed by atoms with van der Waals surface area (Å²) >= 11 is 0. The van der Waals surface area contributed by atoms with Crippen molar-refractivity contribution in [2.24, 2.45) is 11.1 Å². The Morgan fingerprint density at radius 2 is 1.92 bits per heavy atom. The lowest BCUT2D eigenvalue weighted by molar-refractivity contribution is 0.413. The molecule has 74 valence electrons. The average molecular weight is 179 g/mol. The standard InChI is InChI=1S/C12H21N/c1-6-7-11(8-10(2)13)9-12(3,4)5/h6-8H,2,9,13H2,1,3-5H3/b7-6-,11-8+. The van der Waals surface area contributed by atoms with E-state index >= 15 is 0 Å². The lowest BCUT2D eigenvalue weighted by Gasteiger charge is -2.18. The maximum Gasteiger partial charge on any atom is 0.0243 e. The van der Waals surface area contributed by atoms with Gasteiger partial charge in [-0.1, -0.05) is 39.5 Å². The van der Waals surface area contributed by atoms with Gasteiger partial charge >= 0.3 is 0 Å². The molecule has 0 radical (unpaired) electrons. The summed E-state index contributed by atoms with van der Waals surface area (Å²) in [7, 11) is 0. The Hall–Kier alpha value is -0.980. The molecule has 1 heteroatoms. The van der Waals surface area contributed by atoms with Crippen molar-refractivity contribution in [1.29, 1.82) is 0 Å². The van der Waals surface area contributed by atoms with E-state index < -0.39 is 0 Å². The third-order valence-corrected chi connectivity index (χ3v) is 1.49. The molecule has 1 nitrogen and oxygen atoms in total. The van der Waals surface area contributed by atoms with Crippen LogP contribution in [-0.2, 0) is 0 Å². The fourth-order valence-electron chi connectivity index (χ4n) is 1.22. The largest absolute Gasteiger partial charge is 0.399 e. The Morgan fingerprint density at radius 3 is 2.23 bits per heavy atom. The zero-order valence-electron chi connectivity index (χ0n) is 9.22. The molecule has 0 spiro atoms. The normalized spacial score (nSPS) is 13.7. The zero-order valence-corrected chi connectivity index (χ0v) is 9.22. The highest BCUT2D eigenvalue weighted by Gasteiger charge is 2.11. The van der Waals surface area contributed by atoms with E-state index in [1.807, 2.05) is 19.1 Å². The molecule has 0 heterocycles. The van der Waals surface area contributed by atoms with Gasteiger partial charge in [0.2, 0.25) is 0 Å². The molecule has 0 aliphatic rings. The topological polar surface area (TPSA) is 26.0 Å². The smallest absolute Gasteiger partial charge is 0.0243 e. The van der Waals surface area contributed by atoms with Crippen molar-refractivity contribution >= 4 is 0 Å². The van der Waals surface area contributed by atoms with Gasteiger partial charge in [0, 0.05) is 5.70 Å². The van der Waals surface area contributed by atoms with Gasteiger partial charge in [0.1, 0.15) is 0 Å². The molecule has 0 amide bonds. The lowest BCUT2D eigenvalue weighted by atomic mass is 9.87. The SMILES string of the molecule is C=C(N)/C=C(\C=C/C)CC(C)(C)C. The van der Waals surface area contributed by atoms with Gasteiger partial charge in [-0.25, -0.2) is 0 Å². The van der Waals surface area contributed by atoms with E-state index in [1.54, 1.807) is 0 Å². The molecule has 0 aliphatic carbocycles. The number of rotatable bonds is 3. The summed E-state index contributed by atoms with van der Waals surface area (Å²) in [5, 5.41) is 0. The minimum atomic E-state index is 0.292. The molecule has 0 saturated heterocycles. The van der Waals surface area contributed by atoms with Gasteiger partial charge in [0.25, 0.3) is 0 Å². The molecule has 0 fully saturated rings. The second-order valence-corrected chi connectivity index (χ2v) is 4.53. The highest BCUT2D eigenvalue weighted by molar-refractivity contribution is 5.27. The van der Waals surface area contributed by atoms with Gasteiger partial charge in [-0.3, -0.25) is 0 Å². The van der Waals surface area contributed by atoms with Gasteiger partial charge in [0.15, 0.2) is 0 Å². The molecule has 0 rings (SSSR count). The molecule has 0 bridgehead atoms. The Morgan fingerprint density at radius 1 is 1.38 bits per heavy atom. The van der Waals surface area contributed by atoms with Crippen LogP contribution in [0.5, 0.6) is 0 Å². The summed E-state index contributed by atoms with van der Waals surface area (Å²) in [6.45, 7) is 12.3. The molecular weight excluding hydrogens is 158 g/mol. The van der Waals surface area contributed by atoms with Gasteiger partial charge in [-0.15, -0.1) is 0 Å². The highest BCUT2D eigenvalue weighted by atomic mass is 14.5.